The summed E-state index contributed by atoms with van der Waals surface area (Å²) >= 11 is 0. The zero-order valence-electron chi connectivity index (χ0n) is 8.07. The third kappa shape index (κ3) is 1.98. The lowest BCUT2D eigenvalue weighted by Crippen LogP contribution is -2.18. The zero-order valence-corrected chi connectivity index (χ0v) is 8.07. The van der Waals surface area contributed by atoms with Crippen LogP contribution in [0.2, 0.25) is 0 Å². The molecular weight excluding hydrogens is 168 g/mol. The van der Waals surface area contributed by atoms with Gasteiger partial charge in [0, 0.05) is 0 Å². The summed E-state index contributed by atoms with van der Waals surface area (Å²) in [5.41, 5.74) is 0.0951. The molecule has 1 atom stereocenters. The molecule has 72 valence electrons. The maximum Gasteiger partial charge on any atom is 0.153 e. The number of carbonyl (C=O) groups excluding carboxylic acids is 1. The third-order valence-corrected chi connectivity index (χ3v) is 1.92. The molecule has 0 bridgehead atoms. The second-order valence-electron chi connectivity index (χ2n) is 4.13. The van der Waals surface area contributed by atoms with Crippen molar-refractivity contribution in [2.24, 2.45) is 5.41 Å². The molecule has 0 aliphatic carbocycles. The van der Waals surface area contributed by atoms with Gasteiger partial charge in [0.2, 0.25) is 0 Å². The van der Waals surface area contributed by atoms with Crippen LogP contribution in [0.4, 0.5) is 0 Å². The second kappa shape index (κ2) is 3.34. The van der Waals surface area contributed by atoms with Crippen LogP contribution in [0.1, 0.15) is 43.0 Å². The highest BCUT2D eigenvalue weighted by atomic mass is 16.4. The Balaban J connectivity index is 3.01. The van der Waals surface area contributed by atoms with Crippen molar-refractivity contribution in [2.45, 2.75) is 26.9 Å². The van der Waals surface area contributed by atoms with E-state index in [1.54, 1.807) is 6.07 Å². The summed E-state index contributed by atoms with van der Waals surface area (Å²) in [5, 5.41) is 9.81. The van der Waals surface area contributed by atoms with E-state index in [2.05, 4.69) is 0 Å². The number of aliphatic hydroxyl groups excluding tert-OH is 1. The summed E-state index contributed by atoms with van der Waals surface area (Å²) in [6.07, 6.45) is 1.35. The van der Waals surface area contributed by atoms with Crippen LogP contribution < -0.4 is 0 Å². The summed E-state index contributed by atoms with van der Waals surface area (Å²) in [4.78, 5) is 10.5. The van der Waals surface area contributed by atoms with Crippen molar-refractivity contribution in [2.75, 3.05) is 0 Å². The van der Waals surface area contributed by atoms with Gasteiger partial charge >= 0.3 is 0 Å². The van der Waals surface area contributed by atoms with Crippen molar-refractivity contribution >= 4 is 6.29 Å². The Kier molecular flexibility index (Phi) is 2.57. The van der Waals surface area contributed by atoms with Gasteiger partial charge in [0.05, 0.1) is 11.8 Å². The first-order valence-electron chi connectivity index (χ1n) is 4.17. The first kappa shape index (κ1) is 9.99. The quantitative estimate of drug-likeness (QED) is 0.713. The first-order chi connectivity index (χ1) is 5.96. The number of aldehydes is 1. The SMILES string of the molecule is CC(C)(C)[C@@H](O)c1occc1C=O. The van der Waals surface area contributed by atoms with Crippen LogP contribution in [0.25, 0.3) is 0 Å². The third-order valence-electron chi connectivity index (χ3n) is 1.92. The monoisotopic (exact) mass is 182 g/mol. The Hall–Kier alpha value is -1.09. The van der Waals surface area contributed by atoms with E-state index in [1.807, 2.05) is 20.8 Å². The maximum atomic E-state index is 10.5. The molecular formula is C10H14O3. The highest BCUT2D eigenvalue weighted by Gasteiger charge is 2.28. The smallest absolute Gasteiger partial charge is 0.153 e. The van der Waals surface area contributed by atoms with Crippen LogP contribution in [-0.4, -0.2) is 11.4 Å². The zero-order chi connectivity index (χ0) is 10.1. The molecule has 1 aromatic rings. The molecule has 13 heavy (non-hydrogen) atoms. The normalized spacial score (nSPS) is 14.2. The predicted molar refractivity (Wildman–Crippen MR) is 48.5 cm³/mol. The van der Waals surface area contributed by atoms with Gasteiger partial charge in [0.25, 0.3) is 0 Å². The molecule has 0 saturated heterocycles. The number of aliphatic hydroxyl groups is 1. The molecule has 0 unspecified atom stereocenters. The number of hydrogen-bond acceptors (Lipinski definition) is 3. The van der Waals surface area contributed by atoms with Gasteiger partial charge in [0.15, 0.2) is 6.29 Å². The summed E-state index contributed by atoms with van der Waals surface area (Å²) in [6.45, 7) is 5.65. The van der Waals surface area contributed by atoms with E-state index in [4.69, 9.17) is 4.42 Å². The standard InChI is InChI=1S/C10H14O3/c1-10(2,3)9(12)8-7(6-11)4-5-13-8/h4-6,9,12H,1-3H3/t9-/m0/s1. The summed E-state index contributed by atoms with van der Waals surface area (Å²) in [7, 11) is 0. The average molecular weight is 182 g/mol. The van der Waals surface area contributed by atoms with E-state index in [0.717, 1.165) is 0 Å². The van der Waals surface area contributed by atoms with E-state index < -0.39 is 6.10 Å². The molecule has 3 nitrogen and oxygen atoms in total. The van der Waals surface area contributed by atoms with Crippen molar-refractivity contribution in [3.8, 4) is 0 Å². The van der Waals surface area contributed by atoms with Crippen molar-refractivity contribution in [1.29, 1.82) is 0 Å². The molecule has 0 radical (unpaired) electrons. The molecule has 0 aliphatic rings. The highest BCUT2D eigenvalue weighted by Crippen LogP contribution is 2.34. The lowest BCUT2D eigenvalue weighted by atomic mass is 9.87. The number of carbonyl (C=O) groups is 1. The fourth-order valence-electron chi connectivity index (χ4n) is 1.04. The molecule has 1 N–H and O–H groups in total. The van der Waals surface area contributed by atoms with E-state index >= 15 is 0 Å². The minimum absolute atomic E-state index is 0.324. The predicted octanol–water partition coefficient (Wildman–Crippen LogP) is 2.17. The summed E-state index contributed by atoms with van der Waals surface area (Å²) in [6, 6.07) is 1.55. The van der Waals surface area contributed by atoms with Crippen molar-refractivity contribution in [1.82, 2.24) is 0 Å². The second-order valence-corrected chi connectivity index (χ2v) is 4.13. The van der Waals surface area contributed by atoms with Gasteiger partial charge in [-0.05, 0) is 11.5 Å². The Morgan fingerprint density at radius 2 is 2.15 bits per heavy atom. The molecule has 0 aliphatic heterocycles. The average Bonchev–Trinajstić information content (AvgIpc) is 2.48. The Morgan fingerprint density at radius 1 is 1.54 bits per heavy atom. The van der Waals surface area contributed by atoms with Gasteiger partial charge in [-0.3, -0.25) is 4.79 Å². The lowest BCUT2D eigenvalue weighted by molar-refractivity contribution is 0.0426. The van der Waals surface area contributed by atoms with Gasteiger partial charge in [-0.1, -0.05) is 20.8 Å². The van der Waals surface area contributed by atoms with E-state index in [1.165, 1.54) is 6.26 Å². The molecule has 0 amide bonds. The number of rotatable bonds is 2. The van der Waals surface area contributed by atoms with Crippen LogP contribution >= 0.6 is 0 Å². The summed E-state index contributed by atoms with van der Waals surface area (Å²) in [5.74, 6) is 0.350. The van der Waals surface area contributed by atoms with Gasteiger partial charge in [-0.25, -0.2) is 0 Å². The van der Waals surface area contributed by atoms with E-state index in [0.29, 0.717) is 17.6 Å². The minimum atomic E-state index is -0.748. The molecule has 0 spiro atoms. The fourth-order valence-corrected chi connectivity index (χ4v) is 1.04. The largest absolute Gasteiger partial charge is 0.466 e. The summed E-state index contributed by atoms with van der Waals surface area (Å²) < 4.78 is 5.06. The number of hydrogen-bond donors (Lipinski definition) is 1. The Labute approximate surface area is 77.4 Å². The van der Waals surface area contributed by atoms with Crippen molar-refractivity contribution in [3.63, 3.8) is 0 Å². The molecule has 0 saturated carbocycles. The minimum Gasteiger partial charge on any atom is -0.466 e. The van der Waals surface area contributed by atoms with Crippen LogP contribution in [0.3, 0.4) is 0 Å². The first-order valence-corrected chi connectivity index (χ1v) is 4.17. The van der Waals surface area contributed by atoms with E-state index in [9.17, 15) is 9.90 Å². The molecule has 1 heterocycles. The van der Waals surface area contributed by atoms with E-state index in [-0.39, 0.29) is 5.41 Å². The maximum absolute atomic E-state index is 10.5. The van der Waals surface area contributed by atoms with Crippen LogP contribution in [0.5, 0.6) is 0 Å². The lowest BCUT2D eigenvalue weighted by Gasteiger charge is -2.24. The molecule has 1 aromatic heterocycles. The Morgan fingerprint density at radius 3 is 2.62 bits per heavy atom. The highest BCUT2D eigenvalue weighted by molar-refractivity contribution is 5.76. The van der Waals surface area contributed by atoms with Crippen LogP contribution in [0, 0.1) is 5.41 Å². The number of furan rings is 1. The fraction of sp³-hybridized carbons (Fsp3) is 0.500. The van der Waals surface area contributed by atoms with Gasteiger partial charge < -0.3 is 9.52 Å². The van der Waals surface area contributed by atoms with Gasteiger partial charge in [-0.2, -0.15) is 0 Å². The molecule has 0 fully saturated rings. The topological polar surface area (TPSA) is 50.4 Å². The van der Waals surface area contributed by atoms with Gasteiger partial charge in [-0.15, -0.1) is 0 Å². The van der Waals surface area contributed by atoms with Crippen molar-refractivity contribution < 1.29 is 14.3 Å². The van der Waals surface area contributed by atoms with Gasteiger partial charge in [0.1, 0.15) is 11.9 Å². The van der Waals surface area contributed by atoms with Crippen LogP contribution in [0.15, 0.2) is 16.7 Å². The van der Waals surface area contributed by atoms with Crippen molar-refractivity contribution in [3.05, 3.63) is 23.7 Å². The van der Waals surface area contributed by atoms with Crippen LogP contribution in [-0.2, 0) is 0 Å². The Bertz CT molecular complexity index is 293. The molecule has 3 heteroatoms. The molecule has 0 aromatic carbocycles. The molecule has 1 rings (SSSR count).